The Hall–Kier alpha value is -4.84. The molecule has 0 spiro atoms. The molecule has 0 aliphatic heterocycles. The number of carbonyl (C=O) groups is 1. The predicted octanol–water partition coefficient (Wildman–Crippen LogP) is 7.61. The number of hydrogen-bond acceptors (Lipinski definition) is 6. The minimum atomic E-state index is -0.599. The molecule has 8 nitrogen and oxygen atoms in total. The van der Waals surface area contributed by atoms with E-state index >= 15 is 0 Å². The fraction of sp³-hybridized carbons (Fsp3) is 0.0667. The van der Waals surface area contributed by atoms with Gasteiger partial charge in [-0.2, -0.15) is 5.26 Å². The summed E-state index contributed by atoms with van der Waals surface area (Å²) in [5.74, 6) is 0.379. The van der Waals surface area contributed by atoms with Crippen molar-refractivity contribution in [2.45, 2.75) is 13.2 Å². The molecule has 0 aliphatic rings. The Balaban J connectivity index is 1.40. The molecule has 40 heavy (non-hydrogen) atoms. The summed E-state index contributed by atoms with van der Waals surface area (Å²) in [7, 11) is 0. The van der Waals surface area contributed by atoms with Gasteiger partial charge in [-0.25, -0.2) is 0 Å². The predicted molar refractivity (Wildman–Crippen MR) is 153 cm³/mol. The summed E-state index contributed by atoms with van der Waals surface area (Å²) in [5.41, 5.74) is 2.19. The number of anilines is 1. The monoisotopic (exact) mass is 573 g/mol. The van der Waals surface area contributed by atoms with E-state index in [0.717, 1.165) is 5.56 Å². The average molecular weight is 574 g/mol. The number of nitro benzene ring substituents is 1. The third-order valence-electron chi connectivity index (χ3n) is 5.62. The Kier molecular flexibility index (Phi) is 9.36. The van der Waals surface area contributed by atoms with Gasteiger partial charge in [0.1, 0.15) is 36.4 Å². The van der Waals surface area contributed by atoms with Gasteiger partial charge in [-0.3, -0.25) is 14.9 Å². The van der Waals surface area contributed by atoms with Gasteiger partial charge in [0.15, 0.2) is 0 Å². The highest BCUT2D eigenvalue weighted by Gasteiger charge is 2.13. The number of halogens is 2. The number of amides is 1. The van der Waals surface area contributed by atoms with E-state index in [-0.39, 0.29) is 24.5 Å². The van der Waals surface area contributed by atoms with Crippen LogP contribution in [0.15, 0.2) is 96.6 Å². The van der Waals surface area contributed by atoms with Gasteiger partial charge < -0.3 is 14.8 Å². The molecule has 0 radical (unpaired) electrons. The number of rotatable bonds is 10. The van der Waals surface area contributed by atoms with Crippen molar-refractivity contribution in [3.63, 3.8) is 0 Å². The molecular formula is C30H21Cl2N3O5. The second kappa shape index (κ2) is 13.3. The number of carbonyl (C=O) groups excluding carboxylic acids is 1. The van der Waals surface area contributed by atoms with Crippen LogP contribution < -0.4 is 14.8 Å². The normalized spacial score (nSPS) is 10.9. The molecule has 0 aromatic heterocycles. The van der Waals surface area contributed by atoms with Crippen molar-refractivity contribution >= 4 is 46.6 Å². The van der Waals surface area contributed by atoms with Gasteiger partial charge in [0.2, 0.25) is 0 Å². The molecule has 1 N–H and O–H groups in total. The molecule has 4 rings (SSSR count). The van der Waals surface area contributed by atoms with Crippen molar-refractivity contribution in [2.75, 3.05) is 5.32 Å². The number of nitriles is 1. The van der Waals surface area contributed by atoms with Crippen molar-refractivity contribution in [1.29, 1.82) is 5.26 Å². The maximum absolute atomic E-state index is 12.8. The van der Waals surface area contributed by atoms with E-state index in [1.807, 2.05) is 6.07 Å². The molecule has 4 aromatic carbocycles. The summed E-state index contributed by atoms with van der Waals surface area (Å²) in [6.07, 6.45) is 1.42. The van der Waals surface area contributed by atoms with Crippen LogP contribution in [0, 0.1) is 21.4 Å². The van der Waals surface area contributed by atoms with Crippen molar-refractivity contribution < 1.29 is 19.2 Å². The highest BCUT2D eigenvalue weighted by molar-refractivity contribution is 6.35. The van der Waals surface area contributed by atoms with Crippen LogP contribution in [0.3, 0.4) is 0 Å². The fourth-order valence-electron chi connectivity index (χ4n) is 3.59. The first kappa shape index (κ1) is 28.2. The number of nitro groups is 1. The maximum atomic E-state index is 12.8. The first-order valence-electron chi connectivity index (χ1n) is 11.9. The Morgan fingerprint density at radius 2 is 1.73 bits per heavy atom. The lowest BCUT2D eigenvalue weighted by atomic mass is 10.1. The Morgan fingerprint density at radius 1 is 0.950 bits per heavy atom. The van der Waals surface area contributed by atoms with Gasteiger partial charge >= 0.3 is 0 Å². The summed E-state index contributed by atoms with van der Waals surface area (Å²) >= 11 is 12.1. The highest BCUT2D eigenvalue weighted by atomic mass is 35.5. The number of para-hydroxylation sites is 1. The van der Waals surface area contributed by atoms with Crippen LogP contribution >= 0.6 is 23.2 Å². The maximum Gasteiger partial charge on any atom is 0.269 e. The second-order valence-electron chi connectivity index (χ2n) is 8.43. The molecule has 0 aliphatic carbocycles. The SMILES string of the molecule is N#C/C(=C\c1ccccc1OCc1cccc([N+](=O)[O-])c1)C(=O)Nc1ccc(OCc2ccc(Cl)cc2Cl)cc1. The zero-order chi connectivity index (χ0) is 28.5. The molecule has 0 unspecified atom stereocenters. The number of benzene rings is 4. The van der Waals surface area contributed by atoms with Gasteiger partial charge in [-0.15, -0.1) is 0 Å². The smallest absolute Gasteiger partial charge is 0.269 e. The van der Waals surface area contributed by atoms with Crippen molar-refractivity contribution in [3.8, 4) is 17.6 Å². The lowest BCUT2D eigenvalue weighted by Crippen LogP contribution is -2.13. The average Bonchev–Trinajstić information content (AvgIpc) is 2.95. The zero-order valence-corrected chi connectivity index (χ0v) is 22.4. The summed E-state index contributed by atoms with van der Waals surface area (Å²) < 4.78 is 11.6. The molecule has 0 fully saturated rings. The quantitative estimate of drug-likeness (QED) is 0.0903. The number of nitrogens with zero attached hydrogens (tertiary/aromatic N) is 2. The number of non-ortho nitro benzene ring substituents is 1. The topological polar surface area (TPSA) is 114 Å². The Labute approximate surface area is 240 Å². The number of ether oxygens (including phenoxy) is 2. The molecule has 0 saturated carbocycles. The molecule has 0 bridgehead atoms. The van der Waals surface area contributed by atoms with Crippen LogP contribution in [0.5, 0.6) is 11.5 Å². The van der Waals surface area contributed by atoms with E-state index in [4.69, 9.17) is 32.7 Å². The van der Waals surface area contributed by atoms with E-state index < -0.39 is 10.8 Å². The second-order valence-corrected chi connectivity index (χ2v) is 9.27. The van der Waals surface area contributed by atoms with E-state index in [2.05, 4.69) is 5.32 Å². The zero-order valence-electron chi connectivity index (χ0n) is 20.8. The molecule has 0 heterocycles. The third kappa shape index (κ3) is 7.60. The Bertz CT molecular complexity index is 1610. The molecule has 4 aromatic rings. The van der Waals surface area contributed by atoms with Crippen LogP contribution in [0.4, 0.5) is 11.4 Å². The van der Waals surface area contributed by atoms with Crippen LogP contribution in [-0.4, -0.2) is 10.8 Å². The van der Waals surface area contributed by atoms with Gasteiger partial charge in [-0.05, 0) is 54.1 Å². The number of hydrogen-bond donors (Lipinski definition) is 1. The molecular weight excluding hydrogens is 553 g/mol. The van der Waals surface area contributed by atoms with E-state index in [1.165, 1.54) is 18.2 Å². The summed E-state index contributed by atoms with van der Waals surface area (Å²) in [5, 5.41) is 24.4. The van der Waals surface area contributed by atoms with E-state index in [0.29, 0.717) is 38.4 Å². The van der Waals surface area contributed by atoms with Gasteiger partial charge in [0.25, 0.3) is 11.6 Å². The van der Waals surface area contributed by atoms with Crippen LogP contribution in [0.2, 0.25) is 10.0 Å². The minimum absolute atomic E-state index is 0.0386. The molecule has 200 valence electrons. The molecule has 0 atom stereocenters. The first-order valence-corrected chi connectivity index (χ1v) is 12.6. The van der Waals surface area contributed by atoms with Crippen molar-refractivity contribution in [3.05, 3.63) is 133 Å². The fourth-order valence-corrected chi connectivity index (χ4v) is 4.05. The van der Waals surface area contributed by atoms with Crippen molar-refractivity contribution in [2.24, 2.45) is 0 Å². The van der Waals surface area contributed by atoms with E-state index in [1.54, 1.807) is 78.9 Å². The van der Waals surface area contributed by atoms with Gasteiger partial charge in [0, 0.05) is 39.0 Å². The summed E-state index contributed by atoms with van der Waals surface area (Å²) in [4.78, 5) is 23.4. The lowest BCUT2D eigenvalue weighted by molar-refractivity contribution is -0.384. The van der Waals surface area contributed by atoms with E-state index in [9.17, 15) is 20.2 Å². The molecule has 1 amide bonds. The highest BCUT2D eigenvalue weighted by Crippen LogP contribution is 2.25. The standard InChI is InChI=1S/C30H21Cl2N3O5/c31-24-9-8-22(28(32)16-24)19-39-27-12-10-25(11-13-27)34-30(36)23(17-33)15-21-5-1-2-7-29(21)40-18-20-4-3-6-26(14-20)35(37)38/h1-16H,18-19H2,(H,34,36)/b23-15+. The van der Waals surface area contributed by atoms with Gasteiger partial charge in [0.05, 0.1) is 4.92 Å². The first-order chi connectivity index (χ1) is 19.3. The lowest BCUT2D eigenvalue weighted by Gasteiger charge is -2.11. The molecule has 0 saturated heterocycles. The largest absolute Gasteiger partial charge is 0.489 e. The third-order valence-corrected chi connectivity index (χ3v) is 6.21. The summed E-state index contributed by atoms with van der Waals surface area (Å²) in [6.45, 7) is 0.310. The Morgan fingerprint density at radius 3 is 2.45 bits per heavy atom. The number of nitrogens with one attached hydrogen (secondary N) is 1. The van der Waals surface area contributed by atoms with Gasteiger partial charge in [-0.1, -0.05) is 59.6 Å². The summed E-state index contributed by atoms with van der Waals surface area (Å²) in [6, 6.07) is 26.8. The van der Waals surface area contributed by atoms with Crippen LogP contribution in [0.1, 0.15) is 16.7 Å². The minimum Gasteiger partial charge on any atom is -0.489 e. The molecule has 10 heteroatoms. The van der Waals surface area contributed by atoms with Crippen LogP contribution in [0.25, 0.3) is 6.08 Å². The van der Waals surface area contributed by atoms with Crippen LogP contribution in [-0.2, 0) is 18.0 Å². The van der Waals surface area contributed by atoms with Crippen molar-refractivity contribution in [1.82, 2.24) is 0 Å².